The summed E-state index contributed by atoms with van der Waals surface area (Å²) < 4.78 is 10.3. The second kappa shape index (κ2) is 7.83. The van der Waals surface area contributed by atoms with Crippen molar-refractivity contribution >= 4 is 18.0 Å². The third kappa shape index (κ3) is 4.59. The fraction of sp³-hybridized carbons (Fsp3) is 0.300. The number of hydrogen-bond acceptors (Lipinski definition) is 4. The van der Waals surface area contributed by atoms with Crippen molar-refractivity contribution in [2.45, 2.75) is 32.2 Å². The first kappa shape index (κ1) is 17.0. The number of furan rings is 1. The minimum absolute atomic E-state index is 0.0159. The predicted octanol–water partition coefficient (Wildman–Crippen LogP) is 3.34. The highest BCUT2D eigenvalue weighted by Gasteiger charge is 2.21. The van der Waals surface area contributed by atoms with E-state index < -0.39 is 5.97 Å². The summed E-state index contributed by atoms with van der Waals surface area (Å²) in [5.41, 5.74) is 2.43. The van der Waals surface area contributed by atoms with Crippen LogP contribution in [0.3, 0.4) is 0 Å². The van der Waals surface area contributed by atoms with E-state index in [-0.39, 0.29) is 18.6 Å². The van der Waals surface area contributed by atoms with E-state index in [1.165, 1.54) is 17.7 Å². The van der Waals surface area contributed by atoms with Crippen molar-refractivity contribution in [3.05, 3.63) is 65.1 Å². The van der Waals surface area contributed by atoms with E-state index in [4.69, 9.17) is 9.15 Å². The molecule has 1 N–H and O–H groups in total. The molecule has 5 heteroatoms. The lowest BCUT2D eigenvalue weighted by molar-refractivity contribution is -0.144. The van der Waals surface area contributed by atoms with Crippen LogP contribution in [0.15, 0.2) is 46.9 Å². The van der Waals surface area contributed by atoms with Gasteiger partial charge < -0.3 is 14.5 Å². The highest BCUT2D eigenvalue weighted by atomic mass is 16.5. The molecule has 5 nitrogen and oxygen atoms in total. The van der Waals surface area contributed by atoms with Gasteiger partial charge in [-0.1, -0.05) is 24.3 Å². The van der Waals surface area contributed by atoms with Gasteiger partial charge in [-0.3, -0.25) is 4.79 Å². The van der Waals surface area contributed by atoms with E-state index in [9.17, 15) is 9.59 Å². The Hall–Kier alpha value is -2.82. The average Bonchev–Trinajstić information content (AvgIpc) is 3.04. The Bertz CT molecular complexity index is 790. The normalized spacial score (nSPS) is 16.4. The van der Waals surface area contributed by atoms with Crippen LogP contribution < -0.4 is 5.32 Å². The zero-order chi connectivity index (χ0) is 17.6. The van der Waals surface area contributed by atoms with Gasteiger partial charge in [-0.05, 0) is 55.5 Å². The van der Waals surface area contributed by atoms with Gasteiger partial charge in [0.05, 0.1) is 6.04 Å². The summed E-state index contributed by atoms with van der Waals surface area (Å²) in [6.07, 6.45) is 5.74. The van der Waals surface area contributed by atoms with Gasteiger partial charge >= 0.3 is 5.97 Å². The lowest BCUT2D eigenvalue weighted by Gasteiger charge is -2.26. The maximum Gasteiger partial charge on any atom is 0.331 e. The van der Waals surface area contributed by atoms with Gasteiger partial charge in [0, 0.05) is 6.08 Å². The number of nitrogens with one attached hydrogen (secondary N) is 1. The third-order valence-corrected chi connectivity index (χ3v) is 4.19. The number of carbonyl (C=O) groups is 2. The zero-order valence-electron chi connectivity index (χ0n) is 14.2. The molecule has 0 bridgehead atoms. The highest BCUT2D eigenvalue weighted by molar-refractivity contribution is 5.89. The van der Waals surface area contributed by atoms with Crippen LogP contribution in [0.2, 0.25) is 0 Å². The number of hydrogen-bond donors (Lipinski definition) is 1. The van der Waals surface area contributed by atoms with Crippen molar-refractivity contribution in [2.75, 3.05) is 6.61 Å². The molecule has 2 aromatic rings. The molecule has 0 aliphatic heterocycles. The van der Waals surface area contributed by atoms with Crippen LogP contribution >= 0.6 is 0 Å². The molecule has 1 aliphatic rings. The Kier molecular flexibility index (Phi) is 5.33. The smallest absolute Gasteiger partial charge is 0.331 e. The standard InChI is InChI=1S/C20H21NO4/c1-14-9-10-16(25-14)11-12-20(23)24-13-19(22)21-18-8-4-6-15-5-2-3-7-17(15)18/h2-3,5,7,9-12,18H,4,6,8,13H2,1H3,(H,21,22)/b12-11+/t18-/m0/s1. The van der Waals surface area contributed by atoms with E-state index in [1.807, 2.05) is 25.1 Å². The van der Waals surface area contributed by atoms with Crippen LogP contribution in [0, 0.1) is 6.92 Å². The molecule has 0 radical (unpaired) electrons. The first-order valence-electron chi connectivity index (χ1n) is 8.40. The molecule has 0 saturated heterocycles. The lowest BCUT2D eigenvalue weighted by atomic mass is 9.88. The molecule has 3 rings (SSSR count). The van der Waals surface area contributed by atoms with Crippen LogP contribution in [0.4, 0.5) is 0 Å². The van der Waals surface area contributed by atoms with Gasteiger partial charge in [0.1, 0.15) is 11.5 Å². The summed E-state index contributed by atoms with van der Waals surface area (Å²) in [7, 11) is 0. The number of amides is 1. The number of rotatable bonds is 5. The SMILES string of the molecule is Cc1ccc(/C=C/C(=O)OCC(=O)N[C@H]2CCCc3ccccc32)o1. The Morgan fingerprint density at radius 2 is 2.12 bits per heavy atom. The van der Waals surface area contributed by atoms with Gasteiger partial charge in [0.25, 0.3) is 5.91 Å². The second-order valence-corrected chi connectivity index (χ2v) is 6.10. The second-order valence-electron chi connectivity index (χ2n) is 6.10. The van der Waals surface area contributed by atoms with Crippen molar-refractivity contribution in [3.63, 3.8) is 0 Å². The molecular weight excluding hydrogens is 318 g/mol. The van der Waals surface area contributed by atoms with E-state index in [0.717, 1.165) is 30.6 Å². The lowest BCUT2D eigenvalue weighted by Crippen LogP contribution is -2.34. The Labute approximate surface area is 146 Å². The molecular formula is C20H21NO4. The number of aryl methyl sites for hydroxylation is 2. The topological polar surface area (TPSA) is 68.5 Å². The fourth-order valence-corrected chi connectivity index (χ4v) is 3.02. The molecule has 1 heterocycles. The summed E-state index contributed by atoms with van der Waals surface area (Å²) in [4.78, 5) is 23.8. The van der Waals surface area contributed by atoms with Crippen molar-refractivity contribution in [1.29, 1.82) is 0 Å². The fourth-order valence-electron chi connectivity index (χ4n) is 3.02. The molecule has 0 fully saturated rings. The van der Waals surface area contributed by atoms with Crippen LogP contribution in [-0.4, -0.2) is 18.5 Å². The first-order chi connectivity index (χ1) is 12.1. The summed E-state index contributed by atoms with van der Waals surface area (Å²) in [6, 6.07) is 11.7. The van der Waals surface area contributed by atoms with Crippen molar-refractivity contribution in [1.82, 2.24) is 5.32 Å². The number of ether oxygens (including phenoxy) is 1. The van der Waals surface area contributed by atoms with Gasteiger partial charge in [-0.2, -0.15) is 0 Å². The molecule has 0 unspecified atom stereocenters. The van der Waals surface area contributed by atoms with Gasteiger partial charge in [0.2, 0.25) is 0 Å². The van der Waals surface area contributed by atoms with Gasteiger partial charge in [-0.25, -0.2) is 4.79 Å². The van der Waals surface area contributed by atoms with E-state index >= 15 is 0 Å². The van der Waals surface area contributed by atoms with E-state index in [0.29, 0.717) is 5.76 Å². The first-order valence-corrected chi connectivity index (χ1v) is 8.40. The quantitative estimate of drug-likeness (QED) is 0.670. The van der Waals surface area contributed by atoms with E-state index in [2.05, 4.69) is 11.4 Å². The number of fused-ring (bicyclic) bond motifs is 1. The molecule has 1 aromatic carbocycles. The molecule has 0 spiro atoms. The summed E-state index contributed by atoms with van der Waals surface area (Å²) in [6.45, 7) is 1.53. The molecule has 0 saturated carbocycles. The monoisotopic (exact) mass is 339 g/mol. The molecule has 130 valence electrons. The number of benzene rings is 1. The summed E-state index contributed by atoms with van der Waals surface area (Å²) >= 11 is 0. The maximum absolute atomic E-state index is 12.1. The molecule has 1 aliphatic carbocycles. The highest BCUT2D eigenvalue weighted by Crippen LogP contribution is 2.29. The summed E-state index contributed by atoms with van der Waals surface area (Å²) in [5.74, 6) is 0.461. The molecule has 1 atom stereocenters. The Morgan fingerprint density at radius 1 is 1.28 bits per heavy atom. The average molecular weight is 339 g/mol. The zero-order valence-corrected chi connectivity index (χ0v) is 14.2. The largest absolute Gasteiger partial charge is 0.462 e. The van der Waals surface area contributed by atoms with Gasteiger partial charge in [0.15, 0.2) is 6.61 Å². The maximum atomic E-state index is 12.1. The van der Waals surface area contributed by atoms with Crippen molar-refractivity contribution in [2.24, 2.45) is 0 Å². The predicted molar refractivity (Wildman–Crippen MR) is 93.7 cm³/mol. The van der Waals surface area contributed by atoms with Crippen molar-refractivity contribution < 1.29 is 18.7 Å². The van der Waals surface area contributed by atoms with Crippen LogP contribution in [0.5, 0.6) is 0 Å². The Balaban J connectivity index is 1.48. The van der Waals surface area contributed by atoms with Gasteiger partial charge in [-0.15, -0.1) is 0 Å². The summed E-state index contributed by atoms with van der Waals surface area (Å²) in [5, 5.41) is 2.95. The number of esters is 1. The van der Waals surface area contributed by atoms with Crippen LogP contribution in [0.1, 0.15) is 41.5 Å². The molecule has 1 amide bonds. The van der Waals surface area contributed by atoms with E-state index in [1.54, 1.807) is 12.1 Å². The molecule has 25 heavy (non-hydrogen) atoms. The number of carbonyl (C=O) groups excluding carboxylic acids is 2. The van der Waals surface area contributed by atoms with Crippen LogP contribution in [-0.2, 0) is 20.7 Å². The molecule has 1 aromatic heterocycles. The third-order valence-electron chi connectivity index (χ3n) is 4.19. The minimum Gasteiger partial charge on any atom is -0.462 e. The van der Waals surface area contributed by atoms with Crippen molar-refractivity contribution in [3.8, 4) is 0 Å². The minimum atomic E-state index is -0.576. The Morgan fingerprint density at radius 3 is 2.92 bits per heavy atom. The van der Waals surface area contributed by atoms with Crippen LogP contribution in [0.25, 0.3) is 6.08 Å².